The Kier molecular flexibility index (Phi) is 7.44. The predicted octanol–water partition coefficient (Wildman–Crippen LogP) is 3.86. The molecule has 0 saturated carbocycles. The highest BCUT2D eigenvalue weighted by molar-refractivity contribution is 5.68. The third-order valence-corrected chi connectivity index (χ3v) is 5.88. The van der Waals surface area contributed by atoms with E-state index in [4.69, 9.17) is 10.5 Å². The number of hydrogen-bond donors (Lipinski definition) is 3. The van der Waals surface area contributed by atoms with Gasteiger partial charge in [0.05, 0.1) is 6.54 Å². The van der Waals surface area contributed by atoms with Crippen LogP contribution in [0.2, 0.25) is 0 Å². The van der Waals surface area contributed by atoms with Crippen molar-refractivity contribution >= 4 is 11.8 Å². The van der Waals surface area contributed by atoms with Crippen molar-refractivity contribution < 1.29 is 22.6 Å². The molecule has 10 nitrogen and oxygen atoms in total. The van der Waals surface area contributed by atoms with E-state index < -0.39 is 12.4 Å². The first-order chi connectivity index (χ1) is 17.4. The molecule has 4 rings (SSSR count). The summed E-state index contributed by atoms with van der Waals surface area (Å²) in [6, 6.07) is 4.06. The second-order valence-corrected chi connectivity index (χ2v) is 10.3. The molecule has 13 heteroatoms. The maximum absolute atomic E-state index is 15.6. The summed E-state index contributed by atoms with van der Waals surface area (Å²) in [6.45, 7) is 5.67. The van der Waals surface area contributed by atoms with E-state index in [1.54, 1.807) is 0 Å². The molecular weight excluding hydrogens is 489 g/mol. The summed E-state index contributed by atoms with van der Waals surface area (Å²) in [4.78, 5) is 11.9. The normalized spacial score (nSPS) is 17.1. The van der Waals surface area contributed by atoms with Crippen LogP contribution < -0.4 is 25.8 Å². The zero-order valence-electron chi connectivity index (χ0n) is 21.1. The second-order valence-electron chi connectivity index (χ2n) is 10.3. The van der Waals surface area contributed by atoms with E-state index in [1.807, 2.05) is 0 Å². The molecule has 0 bridgehead atoms. The van der Waals surface area contributed by atoms with Crippen LogP contribution >= 0.6 is 0 Å². The molecule has 1 aliphatic heterocycles. The molecule has 200 valence electrons. The van der Waals surface area contributed by atoms with Crippen LogP contribution in [0.3, 0.4) is 0 Å². The zero-order valence-corrected chi connectivity index (χ0v) is 21.1. The number of aromatic nitrogens is 5. The van der Waals surface area contributed by atoms with E-state index in [0.717, 1.165) is 12.8 Å². The molecule has 0 amide bonds. The third-order valence-electron chi connectivity index (χ3n) is 5.88. The highest BCUT2D eigenvalue weighted by atomic mass is 19.3. The number of halogens is 3. The summed E-state index contributed by atoms with van der Waals surface area (Å²) in [5.41, 5.74) is 5.59. The average Bonchev–Trinajstić information content (AvgIpc) is 3.28. The first-order valence-corrected chi connectivity index (χ1v) is 11.8. The monoisotopic (exact) mass is 520 g/mol. The van der Waals surface area contributed by atoms with E-state index >= 15 is 4.39 Å². The Hall–Kier alpha value is -3.61. The Balaban J connectivity index is 1.59. The van der Waals surface area contributed by atoms with Gasteiger partial charge in [0.25, 0.3) is 0 Å². The van der Waals surface area contributed by atoms with E-state index in [0.29, 0.717) is 6.54 Å². The second kappa shape index (κ2) is 10.4. The lowest BCUT2D eigenvalue weighted by Gasteiger charge is -2.46. The molecule has 0 atom stereocenters. The number of nitrogens with one attached hydrogen (secondary N) is 2. The lowest BCUT2D eigenvalue weighted by Crippen LogP contribution is -2.60. The van der Waals surface area contributed by atoms with Crippen molar-refractivity contribution in [2.75, 3.05) is 17.7 Å². The van der Waals surface area contributed by atoms with Gasteiger partial charge in [-0.15, -0.1) is 0 Å². The number of rotatable bonds is 9. The molecule has 1 aliphatic rings. The molecule has 1 saturated heterocycles. The largest absolute Gasteiger partial charge is 0.488 e. The first-order valence-electron chi connectivity index (χ1n) is 11.8. The number of anilines is 2. The number of piperidine rings is 1. The molecule has 1 fully saturated rings. The van der Waals surface area contributed by atoms with E-state index in [1.165, 1.54) is 35.5 Å². The Morgan fingerprint density at radius 1 is 1.16 bits per heavy atom. The van der Waals surface area contributed by atoms with Gasteiger partial charge in [0.15, 0.2) is 23.1 Å². The highest BCUT2D eigenvalue weighted by Crippen LogP contribution is 2.36. The van der Waals surface area contributed by atoms with Gasteiger partial charge in [-0.2, -0.15) is 18.9 Å². The lowest BCUT2D eigenvalue weighted by atomic mass is 9.79. The van der Waals surface area contributed by atoms with Gasteiger partial charge >= 0.3 is 6.61 Å². The van der Waals surface area contributed by atoms with Crippen LogP contribution in [0.1, 0.15) is 40.5 Å². The Bertz CT molecular complexity index is 1200. The number of nitrogens with two attached hydrogens (primary N) is 1. The van der Waals surface area contributed by atoms with E-state index in [2.05, 4.69) is 63.1 Å². The van der Waals surface area contributed by atoms with Crippen molar-refractivity contribution in [1.82, 2.24) is 30.0 Å². The summed E-state index contributed by atoms with van der Waals surface area (Å²) in [5, 5.41) is 10.7. The molecule has 2 aromatic heterocycles. The van der Waals surface area contributed by atoms with Crippen LogP contribution in [0.4, 0.5) is 24.9 Å². The standard InChI is InChI=1S/C24H31F3N8O2/c1-23(2)10-15(11-24(3,4)34-23)31-20-18(25)19(32-22(28)33-20)14-5-6-16(17(9-14)37-21(26)27)36-8-7-35-13-29-12-30-35/h5-6,9,12-13,15,21,34H,7-8,10-11H2,1-4H3,(H3,28,31,32,33). The minimum atomic E-state index is -3.11. The van der Waals surface area contributed by atoms with Gasteiger partial charge in [-0.05, 0) is 58.7 Å². The van der Waals surface area contributed by atoms with Crippen LogP contribution in [0.15, 0.2) is 30.9 Å². The third kappa shape index (κ3) is 6.79. The molecule has 0 radical (unpaired) electrons. The maximum Gasteiger partial charge on any atom is 0.387 e. The smallest absolute Gasteiger partial charge is 0.387 e. The van der Waals surface area contributed by atoms with Gasteiger partial charge in [0.2, 0.25) is 5.95 Å². The molecular formula is C24H31F3N8O2. The van der Waals surface area contributed by atoms with Gasteiger partial charge in [-0.25, -0.2) is 19.0 Å². The van der Waals surface area contributed by atoms with Crippen molar-refractivity contribution in [3.05, 3.63) is 36.7 Å². The van der Waals surface area contributed by atoms with Crippen LogP contribution in [-0.2, 0) is 6.54 Å². The van der Waals surface area contributed by atoms with Gasteiger partial charge < -0.3 is 25.8 Å². The molecule has 1 aromatic carbocycles. The SMILES string of the molecule is CC1(C)CC(Nc2nc(N)nc(-c3ccc(OCCn4cncn4)c(OC(F)F)c3)c2F)CC(C)(C)N1. The lowest BCUT2D eigenvalue weighted by molar-refractivity contribution is -0.0515. The van der Waals surface area contributed by atoms with E-state index in [9.17, 15) is 8.78 Å². The first kappa shape index (κ1) is 26.5. The van der Waals surface area contributed by atoms with E-state index in [-0.39, 0.29) is 58.2 Å². The molecule has 3 heterocycles. The van der Waals surface area contributed by atoms with Crippen LogP contribution in [-0.4, -0.2) is 55.1 Å². The van der Waals surface area contributed by atoms with Crippen LogP contribution in [0, 0.1) is 5.82 Å². The Morgan fingerprint density at radius 2 is 1.89 bits per heavy atom. The Labute approximate surface area is 212 Å². The summed E-state index contributed by atoms with van der Waals surface area (Å²) >= 11 is 0. The summed E-state index contributed by atoms with van der Waals surface area (Å²) < 4.78 is 53.7. The summed E-state index contributed by atoms with van der Waals surface area (Å²) in [5.74, 6) is -1.16. The number of hydrogen-bond acceptors (Lipinski definition) is 9. The fourth-order valence-electron chi connectivity index (χ4n) is 4.93. The van der Waals surface area contributed by atoms with Gasteiger partial charge in [0.1, 0.15) is 25.0 Å². The molecule has 4 N–H and O–H groups in total. The average molecular weight is 521 g/mol. The van der Waals surface area contributed by atoms with Crippen LogP contribution in [0.25, 0.3) is 11.3 Å². The van der Waals surface area contributed by atoms with Crippen molar-refractivity contribution in [3.8, 4) is 22.8 Å². The van der Waals surface area contributed by atoms with Gasteiger partial charge in [-0.1, -0.05) is 0 Å². The fraction of sp³-hybridized carbons (Fsp3) is 0.500. The topological polar surface area (TPSA) is 125 Å². The Morgan fingerprint density at radius 3 is 2.54 bits per heavy atom. The fourth-order valence-corrected chi connectivity index (χ4v) is 4.93. The number of benzene rings is 1. The molecule has 0 unspecified atom stereocenters. The molecule has 0 spiro atoms. The van der Waals surface area contributed by atoms with Crippen molar-refractivity contribution in [1.29, 1.82) is 0 Å². The number of nitrogen functional groups attached to an aromatic ring is 1. The van der Waals surface area contributed by atoms with Gasteiger partial charge in [0, 0.05) is 22.7 Å². The molecule has 0 aliphatic carbocycles. The molecule has 37 heavy (non-hydrogen) atoms. The minimum Gasteiger partial charge on any atom is -0.488 e. The number of alkyl halides is 2. The predicted molar refractivity (Wildman–Crippen MR) is 132 cm³/mol. The highest BCUT2D eigenvalue weighted by Gasteiger charge is 2.38. The van der Waals surface area contributed by atoms with Crippen molar-refractivity contribution in [2.24, 2.45) is 0 Å². The quantitative estimate of drug-likeness (QED) is 0.386. The van der Waals surface area contributed by atoms with Crippen molar-refractivity contribution in [3.63, 3.8) is 0 Å². The molecule has 3 aromatic rings. The number of nitrogens with zero attached hydrogens (tertiary/aromatic N) is 5. The van der Waals surface area contributed by atoms with Gasteiger partial charge in [-0.3, -0.25) is 0 Å². The van der Waals surface area contributed by atoms with Crippen LogP contribution in [0.5, 0.6) is 11.5 Å². The summed E-state index contributed by atoms with van der Waals surface area (Å²) in [7, 11) is 0. The zero-order chi connectivity index (χ0) is 26.8. The van der Waals surface area contributed by atoms with Crippen molar-refractivity contribution in [2.45, 2.75) is 70.8 Å². The maximum atomic E-state index is 15.6. The minimum absolute atomic E-state index is 0.0505. The summed E-state index contributed by atoms with van der Waals surface area (Å²) in [6.07, 6.45) is 4.32. The number of ether oxygens (including phenoxy) is 2.